The van der Waals surface area contributed by atoms with Gasteiger partial charge in [-0.05, 0) is 26.3 Å². The summed E-state index contributed by atoms with van der Waals surface area (Å²) in [5.74, 6) is -0.245. The molecule has 1 amide bonds. The Bertz CT molecular complexity index is 410. The van der Waals surface area contributed by atoms with Gasteiger partial charge in [-0.3, -0.25) is 4.79 Å². The van der Waals surface area contributed by atoms with E-state index in [0.29, 0.717) is 6.54 Å². The predicted molar refractivity (Wildman–Crippen MR) is 77.2 cm³/mol. The number of hydrogen-bond donors (Lipinski definition) is 1. The van der Waals surface area contributed by atoms with Crippen LogP contribution in [0.25, 0.3) is 0 Å². The molecule has 0 bridgehead atoms. The van der Waals surface area contributed by atoms with Gasteiger partial charge in [0.25, 0.3) is 0 Å². The fourth-order valence-electron chi connectivity index (χ4n) is 1.08. The third kappa shape index (κ3) is 11.1. The second-order valence-electron chi connectivity index (χ2n) is 5.04. The molecule has 0 aliphatic rings. The standard InChI is InChI=1S/C12H17NO2.C3H6O2/c1-12(2,3)15-11(14)13-9-10-7-5-4-6-8-10;1-3(4)5-2/h4-8H,9H2,1-3H3,(H,13,14);1-2H3. The Morgan fingerprint density at radius 1 is 1.15 bits per heavy atom. The van der Waals surface area contributed by atoms with Crippen molar-refractivity contribution in [3.05, 3.63) is 35.9 Å². The van der Waals surface area contributed by atoms with Gasteiger partial charge in [0.2, 0.25) is 0 Å². The van der Waals surface area contributed by atoms with Gasteiger partial charge in [0, 0.05) is 13.5 Å². The first-order valence-corrected chi connectivity index (χ1v) is 6.30. The molecule has 5 heteroatoms. The lowest BCUT2D eigenvalue weighted by molar-refractivity contribution is -0.137. The normalized spacial score (nSPS) is 9.85. The Morgan fingerprint density at radius 3 is 2.05 bits per heavy atom. The molecule has 1 aromatic carbocycles. The van der Waals surface area contributed by atoms with Gasteiger partial charge in [-0.2, -0.15) is 0 Å². The quantitative estimate of drug-likeness (QED) is 0.847. The average molecular weight is 281 g/mol. The van der Waals surface area contributed by atoms with Crippen LogP contribution in [0.15, 0.2) is 30.3 Å². The van der Waals surface area contributed by atoms with Crippen molar-refractivity contribution in [2.75, 3.05) is 7.11 Å². The summed E-state index contributed by atoms with van der Waals surface area (Å²) in [4.78, 5) is 20.9. The van der Waals surface area contributed by atoms with Gasteiger partial charge in [0.1, 0.15) is 5.60 Å². The van der Waals surface area contributed by atoms with E-state index in [9.17, 15) is 9.59 Å². The molecule has 0 fully saturated rings. The zero-order chi connectivity index (χ0) is 15.6. The molecule has 5 nitrogen and oxygen atoms in total. The lowest BCUT2D eigenvalue weighted by Crippen LogP contribution is -2.32. The van der Waals surface area contributed by atoms with Crippen LogP contribution in [0, 0.1) is 0 Å². The molecule has 20 heavy (non-hydrogen) atoms. The van der Waals surface area contributed by atoms with Crippen LogP contribution in [0.3, 0.4) is 0 Å². The molecule has 0 aromatic heterocycles. The van der Waals surface area contributed by atoms with Crippen LogP contribution in [-0.2, 0) is 20.8 Å². The zero-order valence-electron chi connectivity index (χ0n) is 12.7. The molecule has 0 heterocycles. The molecule has 0 saturated carbocycles. The maximum atomic E-state index is 11.3. The van der Waals surface area contributed by atoms with E-state index in [-0.39, 0.29) is 12.1 Å². The number of carbonyl (C=O) groups excluding carboxylic acids is 2. The van der Waals surface area contributed by atoms with Crippen molar-refractivity contribution in [2.24, 2.45) is 0 Å². The number of carbonyl (C=O) groups is 2. The molecule has 0 spiro atoms. The van der Waals surface area contributed by atoms with E-state index in [1.807, 2.05) is 51.1 Å². The molecule has 0 saturated heterocycles. The summed E-state index contributed by atoms with van der Waals surface area (Å²) in [5, 5.41) is 2.69. The van der Waals surface area contributed by atoms with Crippen LogP contribution in [0.1, 0.15) is 33.3 Å². The van der Waals surface area contributed by atoms with Crippen molar-refractivity contribution in [3.8, 4) is 0 Å². The van der Waals surface area contributed by atoms with Gasteiger partial charge in [0.15, 0.2) is 0 Å². The number of ether oxygens (including phenoxy) is 2. The highest BCUT2D eigenvalue weighted by Gasteiger charge is 2.15. The summed E-state index contributed by atoms with van der Waals surface area (Å²) in [7, 11) is 1.35. The monoisotopic (exact) mass is 281 g/mol. The van der Waals surface area contributed by atoms with Crippen molar-refractivity contribution in [2.45, 2.75) is 39.8 Å². The summed E-state index contributed by atoms with van der Waals surface area (Å²) < 4.78 is 9.22. The fraction of sp³-hybridized carbons (Fsp3) is 0.467. The van der Waals surface area contributed by atoms with Crippen molar-refractivity contribution >= 4 is 12.1 Å². The van der Waals surface area contributed by atoms with Crippen molar-refractivity contribution < 1.29 is 19.1 Å². The second kappa shape index (κ2) is 8.96. The highest BCUT2D eigenvalue weighted by Crippen LogP contribution is 2.06. The van der Waals surface area contributed by atoms with Gasteiger partial charge < -0.3 is 14.8 Å². The Morgan fingerprint density at radius 2 is 1.65 bits per heavy atom. The molecule has 0 aliphatic heterocycles. The Balaban J connectivity index is 0.000000621. The molecule has 1 rings (SSSR count). The van der Waals surface area contributed by atoms with Crippen LogP contribution in [0.2, 0.25) is 0 Å². The average Bonchev–Trinajstić information content (AvgIpc) is 2.36. The summed E-state index contributed by atoms with van der Waals surface area (Å²) in [6.45, 7) is 7.38. The van der Waals surface area contributed by atoms with Gasteiger partial charge in [0.05, 0.1) is 7.11 Å². The summed E-state index contributed by atoms with van der Waals surface area (Å²) >= 11 is 0. The summed E-state index contributed by atoms with van der Waals surface area (Å²) in [6, 6.07) is 9.73. The number of hydrogen-bond acceptors (Lipinski definition) is 4. The van der Waals surface area contributed by atoms with Gasteiger partial charge >= 0.3 is 12.1 Å². The maximum Gasteiger partial charge on any atom is 0.407 e. The second-order valence-corrected chi connectivity index (χ2v) is 5.04. The van der Waals surface area contributed by atoms with E-state index in [0.717, 1.165) is 5.56 Å². The summed E-state index contributed by atoms with van der Waals surface area (Å²) in [5.41, 5.74) is 0.615. The van der Waals surface area contributed by atoms with E-state index >= 15 is 0 Å². The minimum absolute atomic E-state index is 0.245. The molecule has 1 aromatic rings. The fourth-order valence-corrected chi connectivity index (χ4v) is 1.08. The molecular formula is C15H23NO4. The topological polar surface area (TPSA) is 64.6 Å². The number of nitrogens with one attached hydrogen (secondary N) is 1. The third-order valence-electron chi connectivity index (χ3n) is 1.97. The molecular weight excluding hydrogens is 258 g/mol. The van der Waals surface area contributed by atoms with Crippen LogP contribution >= 0.6 is 0 Å². The molecule has 1 N–H and O–H groups in total. The molecule has 0 aliphatic carbocycles. The smallest absolute Gasteiger partial charge is 0.407 e. The zero-order valence-corrected chi connectivity index (χ0v) is 12.7. The predicted octanol–water partition coefficient (Wildman–Crippen LogP) is 2.89. The van der Waals surface area contributed by atoms with Gasteiger partial charge in [-0.1, -0.05) is 30.3 Å². The van der Waals surface area contributed by atoms with Crippen molar-refractivity contribution in [1.29, 1.82) is 0 Å². The Kier molecular flexibility index (Phi) is 8.04. The lowest BCUT2D eigenvalue weighted by Gasteiger charge is -2.19. The van der Waals surface area contributed by atoms with E-state index in [1.165, 1.54) is 14.0 Å². The van der Waals surface area contributed by atoms with Crippen LogP contribution in [0.5, 0.6) is 0 Å². The minimum Gasteiger partial charge on any atom is -0.469 e. The highest BCUT2D eigenvalue weighted by molar-refractivity contribution is 5.67. The Hall–Kier alpha value is -2.04. The van der Waals surface area contributed by atoms with E-state index in [4.69, 9.17) is 4.74 Å². The first-order valence-electron chi connectivity index (χ1n) is 6.30. The highest BCUT2D eigenvalue weighted by atomic mass is 16.6. The van der Waals surface area contributed by atoms with Crippen molar-refractivity contribution in [3.63, 3.8) is 0 Å². The van der Waals surface area contributed by atoms with Gasteiger partial charge in [-0.15, -0.1) is 0 Å². The molecule has 0 atom stereocenters. The number of esters is 1. The van der Waals surface area contributed by atoms with E-state index in [1.54, 1.807) is 0 Å². The van der Waals surface area contributed by atoms with E-state index in [2.05, 4.69) is 10.1 Å². The number of amides is 1. The van der Waals surface area contributed by atoms with Gasteiger partial charge in [-0.25, -0.2) is 4.79 Å². The maximum absolute atomic E-state index is 11.3. The first-order chi connectivity index (χ1) is 9.24. The van der Waals surface area contributed by atoms with Crippen LogP contribution in [0.4, 0.5) is 4.79 Å². The van der Waals surface area contributed by atoms with Crippen LogP contribution < -0.4 is 5.32 Å². The van der Waals surface area contributed by atoms with Crippen molar-refractivity contribution in [1.82, 2.24) is 5.32 Å². The molecule has 0 radical (unpaired) electrons. The first kappa shape index (κ1) is 18.0. The minimum atomic E-state index is -0.444. The lowest BCUT2D eigenvalue weighted by atomic mass is 10.2. The van der Waals surface area contributed by atoms with E-state index < -0.39 is 5.60 Å². The number of benzene rings is 1. The number of methoxy groups -OCH3 is 1. The molecule has 0 unspecified atom stereocenters. The number of rotatable bonds is 2. The third-order valence-corrected chi connectivity index (χ3v) is 1.97. The number of alkyl carbamates (subject to hydrolysis) is 1. The molecule has 112 valence electrons. The largest absolute Gasteiger partial charge is 0.469 e. The summed E-state index contributed by atoms with van der Waals surface area (Å²) in [6.07, 6.45) is -0.383. The SMILES string of the molecule is CC(C)(C)OC(=O)NCc1ccccc1.COC(C)=O. The van der Waals surface area contributed by atoms with Crippen LogP contribution in [-0.4, -0.2) is 24.8 Å². The Labute approximate surface area is 120 Å².